The molecule has 19 heavy (non-hydrogen) atoms. The van der Waals surface area contributed by atoms with Gasteiger partial charge in [0.2, 0.25) is 0 Å². The molecule has 1 unspecified atom stereocenters. The predicted molar refractivity (Wildman–Crippen MR) is 68.4 cm³/mol. The van der Waals surface area contributed by atoms with Crippen LogP contribution in [0.25, 0.3) is 11.2 Å². The fourth-order valence-corrected chi connectivity index (χ4v) is 2.87. The number of hydrogen-bond donors (Lipinski definition) is 1. The Balaban J connectivity index is 2.00. The number of fused-ring (bicyclic) bond motifs is 1. The summed E-state index contributed by atoms with van der Waals surface area (Å²) in [7, 11) is 1.42. The highest BCUT2D eigenvalue weighted by molar-refractivity contribution is 5.79. The Morgan fingerprint density at radius 3 is 2.95 bits per heavy atom. The summed E-state index contributed by atoms with van der Waals surface area (Å²) in [4.78, 5) is 27.7. The first-order valence-corrected chi connectivity index (χ1v) is 6.53. The second-order valence-corrected chi connectivity index (χ2v) is 4.93. The van der Waals surface area contributed by atoms with Gasteiger partial charge in [0.25, 0.3) is 0 Å². The van der Waals surface area contributed by atoms with E-state index >= 15 is 0 Å². The van der Waals surface area contributed by atoms with E-state index in [4.69, 9.17) is 4.74 Å². The van der Waals surface area contributed by atoms with E-state index in [0.29, 0.717) is 17.4 Å². The van der Waals surface area contributed by atoms with Crippen molar-refractivity contribution in [3.63, 3.8) is 0 Å². The van der Waals surface area contributed by atoms with Crippen LogP contribution < -0.4 is 0 Å². The van der Waals surface area contributed by atoms with Crippen LogP contribution in [0.1, 0.15) is 37.4 Å². The Kier molecular flexibility index (Phi) is 3.15. The third-order valence-corrected chi connectivity index (χ3v) is 3.80. The van der Waals surface area contributed by atoms with Crippen molar-refractivity contribution >= 4 is 17.1 Å². The van der Waals surface area contributed by atoms with Gasteiger partial charge in [-0.2, -0.15) is 0 Å². The van der Waals surface area contributed by atoms with E-state index in [9.17, 15) is 4.79 Å². The number of ether oxygens (including phenoxy) is 1. The summed E-state index contributed by atoms with van der Waals surface area (Å²) in [6.07, 6.45) is 7.54. The molecule has 6 nitrogen and oxygen atoms in total. The summed E-state index contributed by atoms with van der Waals surface area (Å²) in [5.74, 6) is 0.413. The number of H-pyrrole nitrogens is 1. The molecule has 0 aromatic carbocycles. The number of aromatic amines is 1. The molecule has 0 aliphatic heterocycles. The normalized spacial score (nSPS) is 17.7. The molecule has 1 aliphatic carbocycles. The lowest BCUT2D eigenvalue weighted by Gasteiger charge is -2.18. The average molecular weight is 260 g/mol. The number of aromatic nitrogens is 4. The van der Waals surface area contributed by atoms with Crippen LogP contribution in [-0.4, -0.2) is 33.0 Å². The topological polar surface area (TPSA) is 80.8 Å². The van der Waals surface area contributed by atoms with Crippen LogP contribution in [0, 0.1) is 5.92 Å². The molecular formula is C13H16N4O2. The molecule has 0 radical (unpaired) electrons. The van der Waals surface area contributed by atoms with Gasteiger partial charge in [0.1, 0.15) is 23.6 Å². The molecule has 2 aromatic rings. The molecule has 1 fully saturated rings. The Morgan fingerprint density at radius 1 is 1.47 bits per heavy atom. The van der Waals surface area contributed by atoms with Crippen LogP contribution in [0.3, 0.4) is 0 Å². The maximum Gasteiger partial charge on any atom is 0.316 e. The van der Waals surface area contributed by atoms with E-state index in [1.165, 1.54) is 13.4 Å². The number of rotatable bonds is 3. The second kappa shape index (κ2) is 4.95. The minimum atomic E-state index is -0.318. The van der Waals surface area contributed by atoms with Gasteiger partial charge in [0, 0.05) is 0 Å². The molecule has 0 amide bonds. The number of imidazole rings is 1. The smallest absolute Gasteiger partial charge is 0.316 e. The molecule has 6 heteroatoms. The lowest BCUT2D eigenvalue weighted by molar-refractivity contribution is -0.144. The number of methoxy groups -OCH3 is 1. The first kappa shape index (κ1) is 12.1. The quantitative estimate of drug-likeness (QED) is 0.851. The van der Waals surface area contributed by atoms with E-state index in [-0.39, 0.29) is 11.9 Å². The van der Waals surface area contributed by atoms with E-state index in [0.717, 1.165) is 31.2 Å². The first-order valence-electron chi connectivity index (χ1n) is 6.53. The Labute approximate surface area is 110 Å². The highest BCUT2D eigenvalue weighted by Gasteiger charge is 2.35. The minimum absolute atomic E-state index is 0.223. The van der Waals surface area contributed by atoms with Crippen LogP contribution in [0.2, 0.25) is 0 Å². The van der Waals surface area contributed by atoms with Crippen molar-refractivity contribution in [3.05, 3.63) is 18.3 Å². The first-order chi connectivity index (χ1) is 9.29. The van der Waals surface area contributed by atoms with Crippen LogP contribution in [0.5, 0.6) is 0 Å². The zero-order chi connectivity index (χ0) is 13.2. The summed E-state index contributed by atoms with van der Waals surface area (Å²) < 4.78 is 4.94. The van der Waals surface area contributed by atoms with Crippen molar-refractivity contribution in [1.82, 2.24) is 19.9 Å². The fraction of sp³-hybridized carbons (Fsp3) is 0.538. The van der Waals surface area contributed by atoms with Crippen LogP contribution >= 0.6 is 0 Å². The molecule has 3 rings (SSSR count). The molecule has 1 saturated carbocycles. The number of nitrogens with zero attached hydrogens (tertiary/aromatic N) is 3. The summed E-state index contributed by atoms with van der Waals surface area (Å²) in [5.41, 5.74) is 1.35. The highest BCUT2D eigenvalue weighted by Crippen LogP contribution is 2.37. The van der Waals surface area contributed by atoms with Crippen LogP contribution in [0.4, 0.5) is 0 Å². The van der Waals surface area contributed by atoms with Gasteiger partial charge in [-0.3, -0.25) is 4.79 Å². The average Bonchev–Trinajstić information content (AvgIpc) is 3.07. The van der Waals surface area contributed by atoms with Crippen molar-refractivity contribution < 1.29 is 9.53 Å². The van der Waals surface area contributed by atoms with Gasteiger partial charge in [-0.25, -0.2) is 15.0 Å². The van der Waals surface area contributed by atoms with Crippen LogP contribution in [-0.2, 0) is 9.53 Å². The number of nitrogens with one attached hydrogen (secondary N) is 1. The van der Waals surface area contributed by atoms with Gasteiger partial charge in [-0.15, -0.1) is 0 Å². The van der Waals surface area contributed by atoms with Gasteiger partial charge in [-0.05, 0) is 18.8 Å². The summed E-state index contributed by atoms with van der Waals surface area (Å²) in [6.45, 7) is 0. The maximum absolute atomic E-state index is 12.1. The van der Waals surface area contributed by atoms with E-state index in [2.05, 4.69) is 19.9 Å². The Hall–Kier alpha value is -1.98. The molecule has 1 atom stereocenters. The monoisotopic (exact) mass is 260 g/mol. The molecule has 2 heterocycles. The van der Waals surface area contributed by atoms with Crippen molar-refractivity contribution in [2.45, 2.75) is 31.6 Å². The van der Waals surface area contributed by atoms with Gasteiger partial charge in [0.15, 0.2) is 5.65 Å². The van der Waals surface area contributed by atoms with Crippen molar-refractivity contribution in [2.75, 3.05) is 7.11 Å². The molecule has 100 valence electrons. The van der Waals surface area contributed by atoms with Gasteiger partial charge in [-0.1, -0.05) is 12.8 Å². The lowest BCUT2D eigenvalue weighted by atomic mass is 9.90. The Morgan fingerprint density at radius 2 is 2.26 bits per heavy atom. The largest absolute Gasteiger partial charge is 0.468 e. The third kappa shape index (κ3) is 2.18. The maximum atomic E-state index is 12.1. The second-order valence-electron chi connectivity index (χ2n) is 4.93. The van der Waals surface area contributed by atoms with Crippen molar-refractivity contribution in [3.8, 4) is 0 Å². The van der Waals surface area contributed by atoms with Gasteiger partial charge in [0.05, 0.1) is 13.3 Å². The lowest BCUT2D eigenvalue weighted by Crippen LogP contribution is -2.22. The number of esters is 1. The number of carbonyl (C=O) groups is 1. The number of carbonyl (C=O) groups excluding carboxylic acids is 1. The highest BCUT2D eigenvalue weighted by atomic mass is 16.5. The van der Waals surface area contributed by atoms with E-state index in [1.54, 1.807) is 6.20 Å². The zero-order valence-electron chi connectivity index (χ0n) is 10.8. The molecule has 2 aromatic heterocycles. The molecule has 1 aliphatic rings. The third-order valence-electron chi connectivity index (χ3n) is 3.80. The standard InChI is InChI=1S/C13H16N4O2/c1-19-13(18)10(8-4-2-3-5-8)12-16-9-6-14-7-15-11(9)17-12/h6-8,10H,2-5H2,1H3,(H,14,15,16,17). The summed E-state index contributed by atoms with van der Waals surface area (Å²) in [5, 5.41) is 0. The molecule has 1 N–H and O–H groups in total. The minimum Gasteiger partial charge on any atom is -0.468 e. The molecular weight excluding hydrogens is 244 g/mol. The fourth-order valence-electron chi connectivity index (χ4n) is 2.87. The summed E-state index contributed by atoms with van der Waals surface area (Å²) in [6, 6.07) is 0. The van der Waals surface area contributed by atoms with Crippen molar-refractivity contribution in [2.24, 2.45) is 5.92 Å². The van der Waals surface area contributed by atoms with E-state index < -0.39 is 0 Å². The SMILES string of the molecule is COC(=O)C(c1nc2ncncc2[nH]1)C1CCCC1. The molecule has 0 spiro atoms. The predicted octanol–water partition coefficient (Wildman–Crippen LogP) is 1.80. The molecule has 0 bridgehead atoms. The van der Waals surface area contributed by atoms with Gasteiger partial charge < -0.3 is 9.72 Å². The number of hydrogen-bond acceptors (Lipinski definition) is 5. The molecule has 0 saturated heterocycles. The van der Waals surface area contributed by atoms with Crippen LogP contribution in [0.15, 0.2) is 12.5 Å². The van der Waals surface area contributed by atoms with E-state index in [1.807, 2.05) is 0 Å². The Bertz CT molecular complexity index is 556. The summed E-state index contributed by atoms with van der Waals surface area (Å²) >= 11 is 0. The zero-order valence-corrected chi connectivity index (χ0v) is 10.8. The van der Waals surface area contributed by atoms with Crippen molar-refractivity contribution in [1.29, 1.82) is 0 Å². The van der Waals surface area contributed by atoms with Gasteiger partial charge >= 0.3 is 5.97 Å².